The fourth-order valence-electron chi connectivity index (χ4n) is 4.33. The normalized spacial score (nSPS) is 13.6. The first-order chi connectivity index (χ1) is 18.4. The molecule has 2 amide bonds. The lowest BCUT2D eigenvalue weighted by molar-refractivity contribution is -0.141. The van der Waals surface area contributed by atoms with Gasteiger partial charge in [-0.25, -0.2) is 8.42 Å². The van der Waals surface area contributed by atoms with E-state index in [1.54, 1.807) is 36.4 Å². The van der Waals surface area contributed by atoms with Crippen molar-refractivity contribution in [2.45, 2.75) is 58.7 Å². The van der Waals surface area contributed by atoms with E-state index in [1.807, 2.05) is 20.8 Å². The van der Waals surface area contributed by atoms with Crippen LogP contribution >= 0.6 is 23.2 Å². The minimum Gasteiger partial charge on any atom is -0.486 e. The molecule has 9 nitrogen and oxygen atoms in total. The molecule has 0 aromatic heterocycles. The molecule has 0 bridgehead atoms. The molecule has 0 fully saturated rings. The van der Waals surface area contributed by atoms with E-state index in [9.17, 15) is 18.0 Å². The first-order valence-electron chi connectivity index (χ1n) is 12.8. The molecule has 1 N–H and O–H groups in total. The number of carbonyl (C=O) groups excluding carboxylic acids is 2. The molecule has 1 atom stereocenters. The van der Waals surface area contributed by atoms with Crippen LogP contribution in [0.3, 0.4) is 0 Å². The number of nitrogens with one attached hydrogen (secondary N) is 1. The third-order valence-corrected chi connectivity index (χ3v) is 8.05. The van der Waals surface area contributed by atoms with E-state index < -0.39 is 16.1 Å². The van der Waals surface area contributed by atoms with Crippen LogP contribution in [0.4, 0.5) is 5.69 Å². The molecule has 214 valence electrons. The van der Waals surface area contributed by atoms with Gasteiger partial charge in [0.05, 0.1) is 22.0 Å². The topological polar surface area (TPSA) is 105 Å². The summed E-state index contributed by atoms with van der Waals surface area (Å²) in [6.07, 6.45) is 1.79. The second-order valence-electron chi connectivity index (χ2n) is 9.62. The highest BCUT2D eigenvalue weighted by Gasteiger charge is 2.29. The van der Waals surface area contributed by atoms with Gasteiger partial charge >= 0.3 is 0 Å². The Hall–Kier alpha value is -2.69. The number of sulfonamides is 1. The predicted octanol–water partition coefficient (Wildman–Crippen LogP) is 4.64. The molecule has 2 aromatic rings. The fraction of sp³-hybridized carbons (Fsp3) is 0.481. The van der Waals surface area contributed by atoms with E-state index in [0.29, 0.717) is 46.9 Å². The number of nitrogens with zero attached hydrogens (tertiary/aromatic N) is 2. The average molecular weight is 601 g/mol. The van der Waals surface area contributed by atoms with Gasteiger partial charge in [0, 0.05) is 31.6 Å². The summed E-state index contributed by atoms with van der Waals surface area (Å²) in [5.74, 6) is 0.493. The quantitative estimate of drug-likeness (QED) is 0.381. The van der Waals surface area contributed by atoms with Crippen LogP contribution in [0, 0.1) is 0 Å². The first kappa shape index (κ1) is 30.8. The van der Waals surface area contributed by atoms with Crippen LogP contribution in [0.15, 0.2) is 36.4 Å². The van der Waals surface area contributed by atoms with Crippen LogP contribution < -0.4 is 19.1 Å². The van der Waals surface area contributed by atoms with Gasteiger partial charge in [0.25, 0.3) is 0 Å². The molecule has 0 saturated carbocycles. The van der Waals surface area contributed by atoms with Gasteiger partial charge in [0.15, 0.2) is 11.5 Å². The summed E-state index contributed by atoms with van der Waals surface area (Å²) in [5, 5.41) is 3.63. The number of carbonyl (C=O) groups is 2. The monoisotopic (exact) mass is 599 g/mol. The number of hydrogen-bond donors (Lipinski definition) is 1. The van der Waals surface area contributed by atoms with Crippen LogP contribution in [0.5, 0.6) is 11.5 Å². The fourth-order valence-corrected chi connectivity index (χ4v) is 5.60. The van der Waals surface area contributed by atoms with E-state index >= 15 is 0 Å². The minimum atomic E-state index is -3.65. The second kappa shape index (κ2) is 13.6. The third kappa shape index (κ3) is 8.40. The Morgan fingerprint density at radius 3 is 2.33 bits per heavy atom. The molecule has 39 heavy (non-hydrogen) atoms. The number of benzene rings is 2. The number of amides is 2. The Labute approximate surface area is 240 Å². The number of hydrogen-bond acceptors (Lipinski definition) is 6. The molecule has 12 heteroatoms. The highest BCUT2D eigenvalue weighted by atomic mass is 35.5. The van der Waals surface area contributed by atoms with E-state index in [4.69, 9.17) is 32.7 Å². The molecule has 0 spiro atoms. The van der Waals surface area contributed by atoms with Crippen molar-refractivity contribution >= 4 is 50.7 Å². The molecule has 1 unspecified atom stereocenters. The van der Waals surface area contributed by atoms with Crippen LogP contribution in [0.1, 0.15) is 45.6 Å². The Balaban J connectivity index is 1.79. The van der Waals surface area contributed by atoms with Crippen LogP contribution in [-0.2, 0) is 26.2 Å². The molecule has 0 saturated heterocycles. The summed E-state index contributed by atoms with van der Waals surface area (Å²) in [6.45, 7) is 6.57. The number of rotatable bonds is 12. The van der Waals surface area contributed by atoms with Crippen molar-refractivity contribution in [2.75, 3.05) is 30.3 Å². The zero-order chi connectivity index (χ0) is 28.7. The summed E-state index contributed by atoms with van der Waals surface area (Å²) < 4.78 is 37.6. The van der Waals surface area contributed by atoms with Gasteiger partial charge in [-0.05, 0) is 56.5 Å². The van der Waals surface area contributed by atoms with E-state index in [2.05, 4.69) is 5.32 Å². The Morgan fingerprint density at radius 2 is 1.72 bits per heavy atom. The summed E-state index contributed by atoms with van der Waals surface area (Å²) in [6, 6.07) is 9.22. The van der Waals surface area contributed by atoms with Crippen molar-refractivity contribution in [1.29, 1.82) is 0 Å². The molecule has 1 heterocycles. The molecule has 1 aliphatic heterocycles. The lowest BCUT2D eigenvalue weighted by Crippen LogP contribution is -2.50. The first-order valence-corrected chi connectivity index (χ1v) is 15.4. The SMILES string of the molecule is CCC(C(=O)NC(C)C)N(Cc1ccc(Cl)c(Cl)c1)C(=O)CCCN(c1ccc2c(c1)OCCO2)S(C)(=O)=O. The van der Waals surface area contributed by atoms with Crippen molar-refractivity contribution < 1.29 is 27.5 Å². The largest absolute Gasteiger partial charge is 0.486 e. The average Bonchev–Trinajstić information content (AvgIpc) is 2.87. The highest BCUT2D eigenvalue weighted by Crippen LogP contribution is 2.35. The number of fused-ring (bicyclic) bond motifs is 1. The van der Waals surface area contributed by atoms with Crippen molar-refractivity contribution in [2.24, 2.45) is 0 Å². The van der Waals surface area contributed by atoms with Crippen molar-refractivity contribution in [3.63, 3.8) is 0 Å². The Morgan fingerprint density at radius 1 is 1.03 bits per heavy atom. The van der Waals surface area contributed by atoms with Gasteiger partial charge in [0.1, 0.15) is 19.3 Å². The van der Waals surface area contributed by atoms with Crippen molar-refractivity contribution in [1.82, 2.24) is 10.2 Å². The van der Waals surface area contributed by atoms with Gasteiger partial charge in [-0.15, -0.1) is 0 Å². The van der Waals surface area contributed by atoms with Gasteiger partial charge in [-0.1, -0.05) is 36.2 Å². The van der Waals surface area contributed by atoms with E-state index in [1.165, 1.54) is 9.21 Å². The molecule has 3 rings (SSSR count). The predicted molar refractivity (Wildman–Crippen MR) is 153 cm³/mol. The number of ether oxygens (including phenoxy) is 2. The van der Waals surface area contributed by atoms with Crippen molar-refractivity contribution in [3.05, 3.63) is 52.0 Å². The zero-order valence-electron chi connectivity index (χ0n) is 22.6. The molecular weight excluding hydrogens is 565 g/mol. The van der Waals surface area contributed by atoms with Crippen LogP contribution in [-0.4, -0.2) is 63.2 Å². The summed E-state index contributed by atoms with van der Waals surface area (Å²) in [5.41, 5.74) is 1.15. The second-order valence-corrected chi connectivity index (χ2v) is 12.3. The Bertz CT molecular complexity index is 1290. The van der Waals surface area contributed by atoms with E-state index in [0.717, 1.165) is 11.8 Å². The summed E-state index contributed by atoms with van der Waals surface area (Å²) in [4.78, 5) is 28.0. The smallest absolute Gasteiger partial charge is 0.243 e. The lowest BCUT2D eigenvalue weighted by atomic mass is 10.1. The van der Waals surface area contributed by atoms with Gasteiger partial charge in [-0.2, -0.15) is 0 Å². The standard InChI is InChI=1S/C27H35Cl2N3O6S/c1-5-23(27(34)30-18(2)3)31(17-19-8-10-21(28)22(29)15-19)26(33)7-6-12-32(39(4,35)36)20-9-11-24-25(16-20)38-14-13-37-24/h8-11,15-16,18,23H,5-7,12-14,17H2,1-4H3,(H,30,34). The van der Waals surface area contributed by atoms with Gasteiger partial charge in [0.2, 0.25) is 21.8 Å². The zero-order valence-corrected chi connectivity index (χ0v) is 24.9. The molecule has 0 radical (unpaired) electrons. The molecule has 2 aromatic carbocycles. The lowest BCUT2D eigenvalue weighted by Gasteiger charge is -2.31. The van der Waals surface area contributed by atoms with Gasteiger partial charge in [-0.3, -0.25) is 13.9 Å². The maximum Gasteiger partial charge on any atom is 0.243 e. The van der Waals surface area contributed by atoms with Gasteiger partial charge < -0.3 is 19.7 Å². The highest BCUT2D eigenvalue weighted by molar-refractivity contribution is 7.92. The molecular formula is C27H35Cl2N3O6S. The third-order valence-electron chi connectivity index (χ3n) is 6.12. The molecule has 0 aliphatic carbocycles. The summed E-state index contributed by atoms with van der Waals surface area (Å²) in [7, 11) is -3.65. The van der Waals surface area contributed by atoms with Crippen LogP contribution in [0.25, 0.3) is 0 Å². The maximum absolute atomic E-state index is 13.5. The Kier molecular flexibility index (Phi) is 10.7. The minimum absolute atomic E-state index is 0.0311. The number of anilines is 1. The van der Waals surface area contributed by atoms with E-state index in [-0.39, 0.29) is 43.8 Å². The maximum atomic E-state index is 13.5. The van der Waals surface area contributed by atoms with Crippen LogP contribution in [0.2, 0.25) is 10.0 Å². The van der Waals surface area contributed by atoms with Crippen molar-refractivity contribution in [3.8, 4) is 11.5 Å². The molecule has 1 aliphatic rings. The number of halogens is 2. The summed E-state index contributed by atoms with van der Waals surface area (Å²) >= 11 is 12.2.